The van der Waals surface area contributed by atoms with Crippen LogP contribution in [0.5, 0.6) is 5.75 Å². The molecule has 6 heteroatoms. The van der Waals surface area contributed by atoms with E-state index in [0.29, 0.717) is 30.6 Å². The first-order valence-electron chi connectivity index (χ1n) is 23.9. The van der Waals surface area contributed by atoms with Gasteiger partial charge in [0.25, 0.3) is 0 Å². The largest absolute Gasteiger partial charge is 0.422 e. The van der Waals surface area contributed by atoms with Crippen LogP contribution in [0.3, 0.4) is 0 Å². The number of rotatable bonds is 39. The van der Waals surface area contributed by atoms with E-state index < -0.39 is 0 Å². The van der Waals surface area contributed by atoms with Crippen molar-refractivity contribution in [3.63, 3.8) is 0 Å². The number of carbonyl (C=O) groups excluding carboxylic acids is 3. The summed E-state index contributed by atoms with van der Waals surface area (Å²) in [6.45, 7) is 8.71. The highest BCUT2D eigenvalue weighted by Gasteiger charge is 2.19. The van der Waals surface area contributed by atoms with Crippen molar-refractivity contribution < 1.29 is 19.1 Å². The van der Waals surface area contributed by atoms with Crippen molar-refractivity contribution in [1.82, 2.24) is 0 Å². The molecule has 2 N–H and O–H groups in total. The van der Waals surface area contributed by atoms with Crippen molar-refractivity contribution in [1.29, 1.82) is 0 Å². The fourth-order valence-corrected chi connectivity index (χ4v) is 7.49. The highest BCUT2D eigenvalue weighted by molar-refractivity contribution is 5.98. The second kappa shape index (κ2) is 37.2. The standard InChI is InChI=1S/C49H88N2O4/c1-5-8-11-14-17-20-23-26-29-32-35-38-46(52)50-44-41-43(4)42-45(51-47(53)39-36-33-30-27-24-21-18-15-12-9-6-2)49(44)55-48(54)40-37-34-31-28-25-22-19-16-13-10-7-3/h41-42H,5-40H2,1-4H3,(H,50,52)(H,51,53). The van der Waals surface area contributed by atoms with Gasteiger partial charge in [-0.3, -0.25) is 14.4 Å². The molecule has 0 aliphatic rings. The maximum absolute atomic E-state index is 13.2. The number of esters is 1. The summed E-state index contributed by atoms with van der Waals surface area (Å²) in [7, 11) is 0. The molecule has 1 aromatic carbocycles. The van der Waals surface area contributed by atoms with E-state index in [4.69, 9.17) is 4.74 Å². The summed E-state index contributed by atoms with van der Waals surface area (Å²) in [5.74, 6) is -0.218. The number of hydrogen-bond acceptors (Lipinski definition) is 4. The molecular weight excluding hydrogens is 681 g/mol. The Morgan fingerprint density at radius 2 is 0.655 bits per heavy atom. The molecule has 318 valence electrons. The quantitative estimate of drug-likeness (QED) is 0.0397. The van der Waals surface area contributed by atoms with E-state index in [2.05, 4.69) is 31.4 Å². The topological polar surface area (TPSA) is 84.5 Å². The van der Waals surface area contributed by atoms with Crippen molar-refractivity contribution in [2.75, 3.05) is 10.6 Å². The summed E-state index contributed by atoms with van der Waals surface area (Å²) in [4.78, 5) is 39.4. The lowest BCUT2D eigenvalue weighted by Gasteiger charge is -2.17. The van der Waals surface area contributed by atoms with Gasteiger partial charge in [0.15, 0.2) is 5.75 Å². The maximum atomic E-state index is 13.2. The number of ether oxygens (including phenoxy) is 1. The first-order chi connectivity index (χ1) is 26.9. The minimum atomic E-state index is -0.318. The lowest BCUT2D eigenvalue weighted by Crippen LogP contribution is -2.18. The van der Waals surface area contributed by atoms with Crippen LogP contribution in [-0.2, 0) is 14.4 Å². The van der Waals surface area contributed by atoms with E-state index in [9.17, 15) is 14.4 Å². The van der Waals surface area contributed by atoms with Crippen molar-refractivity contribution in [3.8, 4) is 5.75 Å². The van der Waals surface area contributed by atoms with Crippen LogP contribution in [0.2, 0.25) is 0 Å². The van der Waals surface area contributed by atoms with Gasteiger partial charge >= 0.3 is 5.97 Å². The maximum Gasteiger partial charge on any atom is 0.311 e. The lowest BCUT2D eigenvalue weighted by molar-refractivity contribution is -0.134. The van der Waals surface area contributed by atoms with Crippen LogP contribution in [-0.4, -0.2) is 17.8 Å². The van der Waals surface area contributed by atoms with Crippen LogP contribution in [0.15, 0.2) is 12.1 Å². The van der Waals surface area contributed by atoms with E-state index >= 15 is 0 Å². The fraction of sp³-hybridized carbons (Fsp3) is 0.816. The third kappa shape index (κ3) is 30.4. The second-order valence-corrected chi connectivity index (χ2v) is 16.6. The number of anilines is 2. The van der Waals surface area contributed by atoms with Crippen LogP contribution in [0.25, 0.3) is 0 Å². The molecule has 1 aromatic rings. The third-order valence-corrected chi connectivity index (χ3v) is 11.0. The first-order valence-corrected chi connectivity index (χ1v) is 23.9. The molecule has 0 atom stereocenters. The molecule has 0 bridgehead atoms. The Hall–Kier alpha value is -2.37. The average molecular weight is 769 g/mol. The Bertz CT molecular complexity index is 1030. The monoisotopic (exact) mass is 769 g/mol. The molecule has 0 aliphatic heterocycles. The summed E-state index contributed by atoms with van der Waals surface area (Å²) in [5, 5.41) is 6.08. The number of hydrogen-bond donors (Lipinski definition) is 2. The van der Waals surface area contributed by atoms with Gasteiger partial charge in [0.2, 0.25) is 11.8 Å². The van der Waals surface area contributed by atoms with Crippen LogP contribution in [0.4, 0.5) is 11.4 Å². The van der Waals surface area contributed by atoms with Crippen molar-refractivity contribution in [2.45, 2.75) is 259 Å². The van der Waals surface area contributed by atoms with Crippen molar-refractivity contribution in [3.05, 3.63) is 17.7 Å². The van der Waals surface area contributed by atoms with Crippen molar-refractivity contribution in [2.24, 2.45) is 0 Å². The SMILES string of the molecule is CCCCCCCCCCCCCC(=O)Nc1cc(C)cc(NC(=O)CCCCCCCCCCCCC)c1OC(=O)CCCCCCCCCCCCC. The number of nitrogens with one attached hydrogen (secondary N) is 2. The summed E-state index contributed by atoms with van der Waals surface area (Å²) < 4.78 is 5.98. The highest BCUT2D eigenvalue weighted by atomic mass is 16.5. The fourth-order valence-electron chi connectivity index (χ4n) is 7.49. The summed E-state index contributed by atoms with van der Waals surface area (Å²) in [6.07, 6.45) is 41.7. The molecule has 1 rings (SSSR count). The first kappa shape index (κ1) is 50.6. The molecule has 6 nitrogen and oxygen atoms in total. The van der Waals surface area contributed by atoms with Gasteiger partial charge in [0, 0.05) is 19.3 Å². The van der Waals surface area contributed by atoms with Gasteiger partial charge in [-0.1, -0.05) is 213 Å². The molecule has 0 spiro atoms. The van der Waals surface area contributed by atoms with Crippen LogP contribution >= 0.6 is 0 Å². The molecule has 55 heavy (non-hydrogen) atoms. The van der Waals surface area contributed by atoms with Gasteiger partial charge in [0.05, 0.1) is 11.4 Å². The number of aryl methyl sites for hydroxylation is 1. The van der Waals surface area contributed by atoms with Gasteiger partial charge in [-0.2, -0.15) is 0 Å². The summed E-state index contributed by atoms with van der Waals surface area (Å²) in [6, 6.07) is 3.70. The van der Waals surface area contributed by atoms with E-state index in [-0.39, 0.29) is 23.5 Å². The molecule has 0 saturated heterocycles. The van der Waals surface area contributed by atoms with Crippen LogP contribution in [0, 0.1) is 6.92 Å². The minimum absolute atomic E-state index is 0.0811. The average Bonchev–Trinajstić information content (AvgIpc) is 3.16. The van der Waals surface area contributed by atoms with E-state index in [1.807, 2.05) is 19.1 Å². The molecule has 0 unspecified atom stereocenters. The molecule has 0 heterocycles. The predicted molar refractivity (Wildman–Crippen MR) is 237 cm³/mol. The van der Waals surface area contributed by atoms with Crippen molar-refractivity contribution >= 4 is 29.2 Å². The number of unbranched alkanes of at least 4 members (excludes halogenated alkanes) is 30. The Morgan fingerprint density at radius 3 is 0.945 bits per heavy atom. The molecule has 0 aromatic heterocycles. The van der Waals surface area contributed by atoms with Gasteiger partial charge in [-0.05, 0) is 43.9 Å². The molecule has 0 radical (unpaired) electrons. The van der Waals surface area contributed by atoms with E-state index in [1.165, 1.54) is 154 Å². The Kier molecular flexibility index (Phi) is 34.3. The predicted octanol–water partition coefficient (Wildman–Crippen LogP) is 15.9. The smallest absolute Gasteiger partial charge is 0.311 e. The molecule has 0 aliphatic carbocycles. The van der Waals surface area contributed by atoms with Crippen LogP contribution < -0.4 is 15.4 Å². The molecular formula is C49H88N2O4. The summed E-state index contributed by atoms with van der Waals surface area (Å²) in [5.41, 5.74) is 1.82. The number of carbonyl (C=O) groups is 3. The molecule has 0 fully saturated rings. The Balaban J connectivity index is 2.64. The Morgan fingerprint density at radius 1 is 0.400 bits per heavy atom. The number of amides is 2. The second-order valence-electron chi connectivity index (χ2n) is 16.6. The molecule has 2 amide bonds. The van der Waals surface area contributed by atoms with Gasteiger partial charge < -0.3 is 15.4 Å². The van der Waals surface area contributed by atoms with Gasteiger partial charge in [-0.15, -0.1) is 0 Å². The molecule has 0 saturated carbocycles. The van der Waals surface area contributed by atoms with E-state index in [0.717, 1.165) is 63.4 Å². The third-order valence-electron chi connectivity index (χ3n) is 11.0. The minimum Gasteiger partial charge on any atom is -0.422 e. The zero-order valence-electron chi connectivity index (χ0n) is 36.7. The normalized spacial score (nSPS) is 11.2. The Labute approximate surface area is 340 Å². The van der Waals surface area contributed by atoms with Gasteiger partial charge in [0.1, 0.15) is 0 Å². The lowest BCUT2D eigenvalue weighted by atomic mass is 10.0. The zero-order valence-corrected chi connectivity index (χ0v) is 36.7. The van der Waals surface area contributed by atoms with Crippen LogP contribution in [0.1, 0.15) is 257 Å². The van der Waals surface area contributed by atoms with E-state index in [1.54, 1.807) is 0 Å². The number of benzene rings is 1. The zero-order chi connectivity index (χ0) is 40.0. The summed E-state index contributed by atoms with van der Waals surface area (Å²) >= 11 is 0. The highest BCUT2D eigenvalue weighted by Crippen LogP contribution is 2.36. The van der Waals surface area contributed by atoms with Gasteiger partial charge in [-0.25, -0.2) is 0 Å².